The van der Waals surface area contributed by atoms with Gasteiger partial charge in [-0.05, 0) is 25.0 Å². The van der Waals surface area contributed by atoms with Crippen LogP contribution in [0, 0.1) is 16.7 Å². The van der Waals surface area contributed by atoms with E-state index in [1.165, 1.54) is 6.07 Å². The first kappa shape index (κ1) is 13.4. The number of phenols is 1. The van der Waals surface area contributed by atoms with Crippen LogP contribution in [0.2, 0.25) is 0 Å². The average molecular weight is 258 g/mol. The van der Waals surface area contributed by atoms with E-state index in [0.29, 0.717) is 18.5 Å². The van der Waals surface area contributed by atoms with Crippen molar-refractivity contribution < 1.29 is 9.90 Å². The molecule has 0 bridgehead atoms. The van der Waals surface area contributed by atoms with Crippen molar-refractivity contribution in [2.75, 3.05) is 5.32 Å². The molecule has 1 aromatic rings. The second-order valence-electron chi connectivity index (χ2n) is 5.08. The molecule has 0 radical (unpaired) electrons. The number of hydrogen-bond donors (Lipinski definition) is 2. The fraction of sp³-hybridized carbons (Fsp3) is 0.467. The fourth-order valence-corrected chi connectivity index (χ4v) is 2.54. The minimum atomic E-state index is -0.946. The molecule has 0 aliphatic heterocycles. The molecule has 0 heterocycles. The zero-order valence-electron chi connectivity index (χ0n) is 10.9. The van der Waals surface area contributed by atoms with Gasteiger partial charge in [0.15, 0.2) is 0 Å². The highest BCUT2D eigenvalue weighted by molar-refractivity contribution is 5.98. The molecule has 0 spiro atoms. The van der Waals surface area contributed by atoms with E-state index in [1.807, 2.05) is 0 Å². The highest BCUT2D eigenvalue weighted by Gasteiger charge is 2.39. The van der Waals surface area contributed by atoms with E-state index in [1.54, 1.807) is 18.2 Å². The van der Waals surface area contributed by atoms with Crippen LogP contribution in [0.5, 0.6) is 5.75 Å². The number of carbonyl (C=O) groups excluding carboxylic acids is 1. The third kappa shape index (κ3) is 2.87. The predicted octanol–water partition coefficient (Wildman–Crippen LogP) is 3.19. The van der Waals surface area contributed by atoms with Gasteiger partial charge in [-0.15, -0.1) is 0 Å². The molecule has 0 unspecified atom stereocenters. The van der Waals surface area contributed by atoms with E-state index in [9.17, 15) is 15.2 Å². The second-order valence-corrected chi connectivity index (χ2v) is 5.08. The van der Waals surface area contributed by atoms with Crippen molar-refractivity contribution in [1.29, 1.82) is 5.26 Å². The Morgan fingerprint density at radius 2 is 1.84 bits per heavy atom. The minimum Gasteiger partial charge on any atom is -0.506 e. The van der Waals surface area contributed by atoms with Gasteiger partial charge in [0.2, 0.25) is 5.91 Å². The first-order valence-corrected chi connectivity index (χ1v) is 6.69. The number of anilines is 1. The molecule has 1 aliphatic carbocycles. The van der Waals surface area contributed by atoms with Crippen LogP contribution < -0.4 is 5.32 Å². The summed E-state index contributed by atoms with van der Waals surface area (Å²) in [6, 6.07) is 8.78. The molecule has 1 saturated carbocycles. The Labute approximate surface area is 113 Å². The zero-order chi connectivity index (χ0) is 13.7. The van der Waals surface area contributed by atoms with Crippen LogP contribution in [0.15, 0.2) is 24.3 Å². The lowest BCUT2D eigenvalue weighted by Crippen LogP contribution is -2.34. The van der Waals surface area contributed by atoms with E-state index >= 15 is 0 Å². The van der Waals surface area contributed by atoms with Crippen molar-refractivity contribution >= 4 is 11.6 Å². The molecule has 4 nitrogen and oxygen atoms in total. The monoisotopic (exact) mass is 258 g/mol. The van der Waals surface area contributed by atoms with Gasteiger partial charge in [0.1, 0.15) is 11.2 Å². The number of aromatic hydroxyl groups is 1. The average Bonchev–Trinajstić information content (AvgIpc) is 2.67. The van der Waals surface area contributed by atoms with E-state index in [0.717, 1.165) is 25.7 Å². The maximum Gasteiger partial charge on any atom is 0.244 e. The van der Waals surface area contributed by atoms with Gasteiger partial charge < -0.3 is 10.4 Å². The maximum atomic E-state index is 12.4. The van der Waals surface area contributed by atoms with E-state index in [2.05, 4.69) is 11.4 Å². The predicted molar refractivity (Wildman–Crippen MR) is 72.5 cm³/mol. The number of carbonyl (C=O) groups is 1. The molecular formula is C15H18N2O2. The number of hydrogen-bond acceptors (Lipinski definition) is 3. The standard InChI is InChI=1S/C15H18N2O2/c16-11-15(9-5-1-2-6-10-15)14(19)17-12-7-3-4-8-13(12)18/h3-4,7-8,18H,1-2,5-6,9-10H2,(H,17,19). The van der Waals surface area contributed by atoms with Gasteiger partial charge in [0.05, 0.1) is 11.8 Å². The first-order valence-electron chi connectivity index (χ1n) is 6.69. The van der Waals surface area contributed by atoms with Crippen LogP contribution in [0.4, 0.5) is 5.69 Å². The summed E-state index contributed by atoms with van der Waals surface area (Å²) in [7, 11) is 0. The third-order valence-electron chi connectivity index (χ3n) is 3.76. The van der Waals surface area contributed by atoms with Gasteiger partial charge in [-0.25, -0.2) is 0 Å². The summed E-state index contributed by atoms with van der Waals surface area (Å²) in [5.74, 6) is -0.268. The lowest BCUT2D eigenvalue weighted by Gasteiger charge is -2.23. The summed E-state index contributed by atoms with van der Waals surface area (Å²) in [6.07, 6.45) is 5.16. The molecule has 1 amide bonds. The van der Waals surface area contributed by atoms with Crippen LogP contribution in [0.25, 0.3) is 0 Å². The number of amides is 1. The minimum absolute atomic E-state index is 0.0255. The molecule has 100 valence electrons. The molecule has 1 aliphatic rings. The summed E-state index contributed by atoms with van der Waals surface area (Å²) >= 11 is 0. The molecular weight excluding hydrogens is 240 g/mol. The number of benzene rings is 1. The van der Waals surface area contributed by atoms with Crippen molar-refractivity contribution in [3.05, 3.63) is 24.3 Å². The lowest BCUT2D eigenvalue weighted by atomic mass is 9.81. The molecule has 0 aromatic heterocycles. The van der Waals surface area contributed by atoms with Crippen LogP contribution in [0.1, 0.15) is 38.5 Å². The lowest BCUT2D eigenvalue weighted by molar-refractivity contribution is -0.123. The SMILES string of the molecule is N#CC1(C(=O)Nc2ccccc2O)CCCCCC1. The van der Waals surface area contributed by atoms with E-state index in [4.69, 9.17) is 0 Å². The van der Waals surface area contributed by atoms with Crippen molar-refractivity contribution in [2.24, 2.45) is 5.41 Å². The fourth-order valence-electron chi connectivity index (χ4n) is 2.54. The van der Waals surface area contributed by atoms with Crippen molar-refractivity contribution in [3.8, 4) is 11.8 Å². The Morgan fingerprint density at radius 1 is 1.21 bits per heavy atom. The van der Waals surface area contributed by atoms with Gasteiger partial charge in [-0.2, -0.15) is 5.26 Å². The van der Waals surface area contributed by atoms with Crippen LogP contribution in [-0.4, -0.2) is 11.0 Å². The largest absolute Gasteiger partial charge is 0.506 e. The van der Waals surface area contributed by atoms with Crippen LogP contribution >= 0.6 is 0 Å². The molecule has 1 aromatic carbocycles. The smallest absolute Gasteiger partial charge is 0.244 e. The summed E-state index contributed by atoms with van der Waals surface area (Å²) < 4.78 is 0. The van der Waals surface area contributed by atoms with E-state index in [-0.39, 0.29) is 11.7 Å². The summed E-state index contributed by atoms with van der Waals surface area (Å²) in [6.45, 7) is 0. The number of para-hydroxylation sites is 2. The van der Waals surface area contributed by atoms with Gasteiger partial charge >= 0.3 is 0 Å². The summed E-state index contributed by atoms with van der Waals surface area (Å²) in [4.78, 5) is 12.4. The van der Waals surface area contributed by atoms with Gasteiger partial charge in [0, 0.05) is 0 Å². The molecule has 2 N–H and O–H groups in total. The topological polar surface area (TPSA) is 73.1 Å². The third-order valence-corrected chi connectivity index (χ3v) is 3.76. The highest BCUT2D eigenvalue weighted by atomic mass is 16.3. The number of nitriles is 1. The highest BCUT2D eigenvalue weighted by Crippen LogP contribution is 2.36. The quantitative estimate of drug-likeness (QED) is 0.632. The normalized spacial score (nSPS) is 18.1. The molecule has 1 fully saturated rings. The first-order chi connectivity index (χ1) is 9.18. The molecule has 0 atom stereocenters. The Bertz CT molecular complexity index is 497. The van der Waals surface area contributed by atoms with Crippen LogP contribution in [-0.2, 0) is 4.79 Å². The molecule has 19 heavy (non-hydrogen) atoms. The Kier molecular flexibility index (Phi) is 4.06. The Balaban J connectivity index is 2.17. The number of phenolic OH excluding ortho intramolecular Hbond substituents is 1. The van der Waals surface area contributed by atoms with Crippen molar-refractivity contribution in [2.45, 2.75) is 38.5 Å². The van der Waals surface area contributed by atoms with E-state index < -0.39 is 5.41 Å². The van der Waals surface area contributed by atoms with Crippen molar-refractivity contribution in [3.63, 3.8) is 0 Å². The number of rotatable bonds is 2. The number of nitrogens with zero attached hydrogens (tertiary/aromatic N) is 1. The summed E-state index contributed by atoms with van der Waals surface area (Å²) in [5, 5.41) is 21.8. The van der Waals surface area contributed by atoms with Gasteiger partial charge in [-0.3, -0.25) is 4.79 Å². The summed E-state index contributed by atoms with van der Waals surface area (Å²) in [5.41, 5.74) is -0.579. The van der Waals surface area contributed by atoms with Crippen molar-refractivity contribution in [1.82, 2.24) is 0 Å². The Hall–Kier alpha value is -2.02. The zero-order valence-corrected chi connectivity index (χ0v) is 10.9. The molecule has 2 rings (SSSR count). The van der Waals surface area contributed by atoms with Gasteiger partial charge in [-0.1, -0.05) is 37.8 Å². The van der Waals surface area contributed by atoms with Gasteiger partial charge in [0.25, 0.3) is 0 Å². The second kappa shape index (κ2) is 5.75. The molecule has 0 saturated heterocycles. The Morgan fingerprint density at radius 3 is 2.42 bits per heavy atom. The van der Waals surface area contributed by atoms with Crippen LogP contribution in [0.3, 0.4) is 0 Å². The number of nitrogens with one attached hydrogen (secondary N) is 1. The maximum absolute atomic E-state index is 12.4. The molecule has 4 heteroatoms.